The van der Waals surface area contributed by atoms with E-state index < -0.39 is 6.29 Å². The number of oxime groups is 1. The van der Waals surface area contributed by atoms with Crippen molar-refractivity contribution in [3.8, 4) is 0 Å². The fourth-order valence-corrected chi connectivity index (χ4v) is 1.82. The maximum absolute atomic E-state index is 8.62. The van der Waals surface area contributed by atoms with Gasteiger partial charge < -0.3 is 9.57 Å². The highest BCUT2D eigenvalue weighted by Crippen LogP contribution is 2.20. The fraction of sp³-hybridized carbons (Fsp3) is 0.417. The minimum atomic E-state index is -0.446. The van der Waals surface area contributed by atoms with Gasteiger partial charge in [-0.15, -0.1) is 0 Å². The highest BCUT2D eigenvalue weighted by atomic mass is 16.8. The molecule has 0 saturated carbocycles. The fourth-order valence-electron chi connectivity index (χ4n) is 1.82. The second-order valence-electron chi connectivity index (χ2n) is 3.79. The minimum Gasteiger partial charge on any atom is -0.363 e. The molecule has 1 aromatic rings. The molecule has 0 fully saturated rings. The summed E-state index contributed by atoms with van der Waals surface area (Å²) in [5.74, 6) is 0. The topological polar surface area (TPSA) is 79.6 Å². The highest BCUT2D eigenvalue weighted by Gasteiger charge is 2.28. The van der Waals surface area contributed by atoms with Gasteiger partial charge in [-0.3, -0.25) is 0 Å². The summed E-state index contributed by atoms with van der Waals surface area (Å²) in [6, 6.07) is 9.17. The molecule has 1 aliphatic rings. The lowest BCUT2D eigenvalue weighted by Gasteiger charge is -2.25. The summed E-state index contributed by atoms with van der Waals surface area (Å²) in [6.07, 6.45) is 0.0315. The Morgan fingerprint density at radius 2 is 2.28 bits per heavy atom. The van der Waals surface area contributed by atoms with E-state index in [0.717, 1.165) is 5.56 Å². The van der Waals surface area contributed by atoms with Gasteiger partial charge in [0.05, 0.1) is 11.8 Å². The van der Waals surface area contributed by atoms with E-state index in [1.807, 2.05) is 37.3 Å². The van der Waals surface area contributed by atoms with Crippen LogP contribution in [0.3, 0.4) is 0 Å². The van der Waals surface area contributed by atoms with Crippen molar-refractivity contribution >= 4 is 5.71 Å². The van der Waals surface area contributed by atoms with Crippen molar-refractivity contribution in [2.24, 2.45) is 10.3 Å². The molecular weight excluding hydrogens is 232 g/mol. The van der Waals surface area contributed by atoms with E-state index in [4.69, 9.17) is 15.1 Å². The summed E-state index contributed by atoms with van der Waals surface area (Å²) >= 11 is 0. The monoisotopic (exact) mass is 246 g/mol. The smallest absolute Gasteiger partial charge is 0.227 e. The largest absolute Gasteiger partial charge is 0.363 e. The van der Waals surface area contributed by atoms with Gasteiger partial charge in [0.2, 0.25) is 6.29 Å². The molecule has 2 rings (SSSR count). The van der Waals surface area contributed by atoms with Crippen LogP contribution in [0.5, 0.6) is 0 Å². The van der Waals surface area contributed by atoms with Crippen LogP contribution >= 0.6 is 0 Å². The summed E-state index contributed by atoms with van der Waals surface area (Å²) in [5, 5.41) is 7.79. The van der Waals surface area contributed by atoms with E-state index in [0.29, 0.717) is 18.7 Å². The first kappa shape index (κ1) is 12.4. The molecule has 0 N–H and O–H groups in total. The van der Waals surface area contributed by atoms with E-state index in [1.54, 1.807) is 0 Å². The Morgan fingerprint density at radius 3 is 2.94 bits per heavy atom. The van der Waals surface area contributed by atoms with Gasteiger partial charge in [0, 0.05) is 17.9 Å². The molecule has 94 valence electrons. The predicted octanol–water partition coefficient (Wildman–Crippen LogP) is 2.85. The SMILES string of the molecule is CCO[C@H]1C[C@H](N=[N+]=[N-])C(c2ccccc2)=NO1. The zero-order valence-electron chi connectivity index (χ0n) is 10.1. The molecule has 0 spiro atoms. The molecule has 0 saturated heterocycles. The maximum Gasteiger partial charge on any atom is 0.227 e. The van der Waals surface area contributed by atoms with Gasteiger partial charge in [-0.1, -0.05) is 40.6 Å². The predicted molar refractivity (Wildman–Crippen MR) is 67.0 cm³/mol. The summed E-state index contributed by atoms with van der Waals surface area (Å²) in [7, 11) is 0. The Labute approximate surface area is 105 Å². The zero-order valence-corrected chi connectivity index (χ0v) is 10.1. The number of azide groups is 1. The second-order valence-corrected chi connectivity index (χ2v) is 3.79. The Balaban J connectivity index is 2.24. The third-order valence-corrected chi connectivity index (χ3v) is 2.61. The third-order valence-electron chi connectivity index (χ3n) is 2.61. The molecule has 1 aromatic carbocycles. The van der Waals surface area contributed by atoms with Crippen LogP contribution in [0.2, 0.25) is 0 Å². The van der Waals surface area contributed by atoms with Gasteiger partial charge in [-0.05, 0) is 18.0 Å². The number of hydrogen-bond acceptors (Lipinski definition) is 4. The first-order valence-electron chi connectivity index (χ1n) is 5.80. The van der Waals surface area contributed by atoms with Gasteiger partial charge in [0.1, 0.15) is 0 Å². The van der Waals surface area contributed by atoms with Crippen molar-refractivity contribution in [1.82, 2.24) is 0 Å². The quantitative estimate of drug-likeness (QED) is 0.465. The third kappa shape index (κ3) is 2.80. The average Bonchev–Trinajstić information content (AvgIpc) is 2.41. The van der Waals surface area contributed by atoms with Crippen molar-refractivity contribution in [2.75, 3.05) is 6.61 Å². The van der Waals surface area contributed by atoms with Gasteiger partial charge in [0.25, 0.3) is 0 Å². The number of benzene rings is 1. The standard InChI is InChI=1S/C12H14N4O2/c1-2-17-11-8-10(14-16-13)12(15-18-11)9-6-4-3-5-7-9/h3-7,10-11H,2,8H2,1H3/t10-,11+/m0/s1. The molecule has 6 nitrogen and oxygen atoms in total. The molecule has 6 heteroatoms. The van der Waals surface area contributed by atoms with E-state index >= 15 is 0 Å². The van der Waals surface area contributed by atoms with Crippen LogP contribution in [0.25, 0.3) is 10.4 Å². The molecule has 0 unspecified atom stereocenters. The van der Waals surface area contributed by atoms with Gasteiger partial charge >= 0.3 is 0 Å². The van der Waals surface area contributed by atoms with Crippen LogP contribution in [0.1, 0.15) is 18.9 Å². The number of nitrogens with zero attached hydrogens (tertiary/aromatic N) is 4. The Morgan fingerprint density at radius 1 is 1.50 bits per heavy atom. The summed E-state index contributed by atoms with van der Waals surface area (Å²) < 4.78 is 5.33. The Hall–Kier alpha value is -2.04. The van der Waals surface area contributed by atoms with Gasteiger partial charge in [-0.25, -0.2) is 0 Å². The molecule has 2 atom stereocenters. The average molecular weight is 246 g/mol. The molecule has 0 bridgehead atoms. The molecule has 18 heavy (non-hydrogen) atoms. The normalized spacial score (nSPS) is 22.6. The van der Waals surface area contributed by atoms with Gasteiger partial charge in [-0.2, -0.15) is 0 Å². The van der Waals surface area contributed by atoms with Crippen molar-refractivity contribution in [3.63, 3.8) is 0 Å². The molecule has 1 heterocycles. The first-order chi connectivity index (χ1) is 8.85. The first-order valence-corrected chi connectivity index (χ1v) is 5.80. The second kappa shape index (κ2) is 6.05. The van der Waals surface area contributed by atoms with Crippen LogP contribution < -0.4 is 0 Å². The lowest BCUT2D eigenvalue weighted by Crippen LogP contribution is -2.32. The molecular formula is C12H14N4O2. The van der Waals surface area contributed by atoms with Crippen molar-refractivity contribution in [1.29, 1.82) is 0 Å². The summed E-state index contributed by atoms with van der Waals surface area (Å²) in [6.45, 7) is 2.41. The van der Waals surface area contributed by atoms with E-state index in [9.17, 15) is 0 Å². The molecule has 0 aromatic heterocycles. The lowest BCUT2D eigenvalue weighted by molar-refractivity contribution is -0.149. The van der Waals surface area contributed by atoms with E-state index in [1.165, 1.54) is 0 Å². The summed E-state index contributed by atoms with van der Waals surface area (Å²) in [4.78, 5) is 8.11. The molecule has 0 aliphatic carbocycles. The van der Waals surface area contributed by atoms with E-state index in [-0.39, 0.29) is 6.04 Å². The van der Waals surface area contributed by atoms with Crippen molar-refractivity contribution in [2.45, 2.75) is 25.7 Å². The highest BCUT2D eigenvalue weighted by molar-refractivity contribution is 6.04. The number of rotatable bonds is 4. The zero-order chi connectivity index (χ0) is 12.8. The van der Waals surface area contributed by atoms with Crippen molar-refractivity contribution < 1.29 is 9.57 Å². The van der Waals surface area contributed by atoms with Crippen LogP contribution in [0.4, 0.5) is 0 Å². The van der Waals surface area contributed by atoms with E-state index in [2.05, 4.69) is 15.2 Å². The number of hydrogen-bond donors (Lipinski definition) is 0. The molecule has 0 radical (unpaired) electrons. The van der Waals surface area contributed by atoms with Crippen LogP contribution in [-0.2, 0) is 9.57 Å². The lowest BCUT2D eigenvalue weighted by atomic mass is 10.0. The van der Waals surface area contributed by atoms with Gasteiger partial charge in [0.15, 0.2) is 0 Å². The Bertz CT molecular complexity index is 468. The summed E-state index contributed by atoms with van der Waals surface area (Å²) in [5.41, 5.74) is 10.2. The Kier molecular flexibility index (Phi) is 4.17. The minimum absolute atomic E-state index is 0.359. The van der Waals surface area contributed by atoms with Crippen LogP contribution in [0, 0.1) is 0 Å². The van der Waals surface area contributed by atoms with Crippen LogP contribution in [-0.4, -0.2) is 24.7 Å². The van der Waals surface area contributed by atoms with Crippen LogP contribution in [0.15, 0.2) is 40.6 Å². The maximum atomic E-state index is 8.62. The van der Waals surface area contributed by atoms with Crippen molar-refractivity contribution in [3.05, 3.63) is 46.3 Å². The molecule has 0 amide bonds. The molecule has 1 aliphatic heterocycles. The number of ether oxygens (including phenoxy) is 1.